The number of aromatic nitrogens is 2. The number of carbonyl (C=O) groups is 1. The molecule has 0 radical (unpaired) electrons. The largest absolute Gasteiger partial charge is 0.507 e. The summed E-state index contributed by atoms with van der Waals surface area (Å²) in [5.74, 6) is 1.07. The van der Waals surface area contributed by atoms with Gasteiger partial charge in [-0.15, -0.1) is 0 Å². The van der Waals surface area contributed by atoms with Crippen LogP contribution < -0.4 is 9.47 Å². The lowest BCUT2D eigenvalue weighted by molar-refractivity contribution is 0.0740. The number of halogens is 1. The van der Waals surface area contributed by atoms with Crippen molar-refractivity contribution in [3.63, 3.8) is 0 Å². The molecular formula is C26H28ClN3O4. The smallest absolute Gasteiger partial charge is 0.273 e. The fourth-order valence-corrected chi connectivity index (χ4v) is 4.50. The lowest BCUT2D eigenvalue weighted by Crippen LogP contribution is -2.30. The Hall–Kier alpha value is -3.45. The van der Waals surface area contributed by atoms with Gasteiger partial charge in [0.1, 0.15) is 23.7 Å². The van der Waals surface area contributed by atoms with Crippen LogP contribution in [0.15, 0.2) is 49.1 Å². The molecule has 2 N–H and O–H groups in total. The van der Waals surface area contributed by atoms with Crippen LogP contribution in [0.3, 0.4) is 0 Å². The van der Waals surface area contributed by atoms with Crippen LogP contribution in [-0.2, 0) is 0 Å². The number of phenolic OH excluding ortho intramolecular Hbond substituents is 1. The number of aromatic amines is 1. The van der Waals surface area contributed by atoms with Crippen LogP contribution in [0.25, 0.3) is 11.3 Å². The van der Waals surface area contributed by atoms with Crippen molar-refractivity contribution >= 4 is 17.5 Å². The molecule has 0 aliphatic carbocycles. The Morgan fingerprint density at radius 3 is 2.79 bits per heavy atom. The number of fused-ring (bicyclic) bond motifs is 1. The number of aromatic hydroxyl groups is 1. The first kappa shape index (κ1) is 23.7. The normalized spacial score (nSPS) is 14.9. The van der Waals surface area contributed by atoms with E-state index in [2.05, 4.69) is 23.7 Å². The number of H-pyrrole nitrogens is 1. The van der Waals surface area contributed by atoms with Crippen LogP contribution >= 0.6 is 11.6 Å². The molecule has 1 aliphatic heterocycles. The van der Waals surface area contributed by atoms with Crippen molar-refractivity contribution in [2.45, 2.75) is 32.2 Å². The summed E-state index contributed by atoms with van der Waals surface area (Å²) in [4.78, 5) is 15.3. The number of benzene rings is 2. The highest BCUT2D eigenvalue weighted by Crippen LogP contribution is 2.46. The average molecular weight is 482 g/mol. The van der Waals surface area contributed by atoms with Gasteiger partial charge in [0.05, 0.1) is 13.2 Å². The molecule has 1 aliphatic rings. The number of nitrogens with one attached hydrogen (secondary N) is 1. The molecule has 0 fully saturated rings. The summed E-state index contributed by atoms with van der Waals surface area (Å²) in [7, 11) is 1.58. The second-order valence-corrected chi connectivity index (χ2v) is 8.58. The van der Waals surface area contributed by atoms with Gasteiger partial charge in [-0.3, -0.25) is 9.89 Å². The van der Waals surface area contributed by atoms with Crippen LogP contribution in [0.2, 0.25) is 5.02 Å². The van der Waals surface area contributed by atoms with E-state index in [1.165, 1.54) is 6.07 Å². The number of ether oxygens (including phenoxy) is 2. The molecule has 1 amide bonds. The van der Waals surface area contributed by atoms with Crippen molar-refractivity contribution in [1.82, 2.24) is 15.1 Å². The number of phenols is 1. The zero-order chi connectivity index (χ0) is 24.2. The van der Waals surface area contributed by atoms with Crippen molar-refractivity contribution in [3.8, 4) is 28.5 Å². The molecule has 2 heterocycles. The highest BCUT2D eigenvalue weighted by atomic mass is 35.5. The lowest BCUT2D eigenvalue weighted by Gasteiger charge is -2.27. The Morgan fingerprint density at radius 1 is 1.24 bits per heavy atom. The van der Waals surface area contributed by atoms with Gasteiger partial charge >= 0.3 is 0 Å². The number of hydrogen-bond acceptors (Lipinski definition) is 5. The van der Waals surface area contributed by atoms with Crippen LogP contribution in [0.5, 0.6) is 17.2 Å². The van der Waals surface area contributed by atoms with Crippen LogP contribution in [0.1, 0.15) is 53.8 Å². The van der Waals surface area contributed by atoms with E-state index in [1.807, 2.05) is 23.1 Å². The van der Waals surface area contributed by atoms with E-state index in [0.717, 1.165) is 24.8 Å². The minimum Gasteiger partial charge on any atom is -0.507 e. The Labute approximate surface area is 204 Å². The fourth-order valence-electron chi connectivity index (χ4n) is 4.33. The Bertz CT molecular complexity index is 1210. The maximum Gasteiger partial charge on any atom is 0.273 e. The second kappa shape index (κ2) is 10.2. The molecular weight excluding hydrogens is 454 g/mol. The fraction of sp³-hybridized carbons (Fsp3) is 0.308. The SMILES string of the molecule is C=CCOc1ccc(C2c3c(-c4cc(Cl)ccc4O)n[nH]c3C(=O)N2CCCCC)cc1OC. The van der Waals surface area contributed by atoms with Crippen molar-refractivity contribution in [2.75, 3.05) is 20.3 Å². The van der Waals surface area contributed by atoms with E-state index in [1.54, 1.807) is 25.3 Å². The number of nitrogens with zero attached hydrogens (tertiary/aromatic N) is 2. The van der Waals surface area contributed by atoms with Gasteiger partial charge in [-0.05, 0) is 42.3 Å². The van der Waals surface area contributed by atoms with E-state index >= 15 is 0 Å². The van der Waals surface area contributed by atoms with Gasteiger partial charge < -0.3 is 19.5 Å². The summed E-state index contributed by atoms with van der Waals surface area (Å²) < 4.78 is 11.3. The molecule has 4 rings (SSSR count). The predicted molar refractivity (Wildman–Crippen MR) is 132 cm³/mol. The van der Waals surface area contributed by atoms with Gasteiger partial charge in [0.15, 0.2) is 11.5 Å². The number of methoxy groups -OCH3 is 1. The highest BCUT2D eigenvalue weighted by molar-refractivity contribution is 6.31. The minimum absolute atomic E-state index is 0.0417. The Balaban J connectivity index is 1.84. The monoisotopic (exact) mass is 481 g/mol. The topological polar surface area (TPSA) is 87.7 Å². The summed E-state index contributed by atoms with van der Waals surface area (Å²) in [6.45, 7) is 6.76. The molecule has 0 bridgehead atoms. The minimum atomic E-state index is -0.408. The average Bonchev–Trinajstić information content (AvgIpc) is 3.38. The number of hydrogen-bond donors (Lipinski definition) is 2. The molecule has 8 heteroatoms. The Kier molecular flexibility index (Phi) is 7.12. The first-order valence-electron chi connectivity index (χ1n) is 11.3. The molecule has 0 spiro atoms. The van der Waals surface area contributed by atoms with E-state index in [0.29, 0.717) is 52.2 Å². The summed E-state index contributed by atoms with van der Waals surface area (Å²) >= 11 is 6.21. The van der Waals surface area contributed by atoms with Gasteiger partial charge in [-0.1, -0.05) is 50.1 Å². The number of amides is 1. The van der Waals surface area contributed by atoms with E-state index in [9.17, 15) is 9.90 Å². The standard InChI is InChI=1S/C26H28ClN3O4/c1-4-6-7-12-30-25(16-8-11-20(34-13-5-2)21(14-16)33-3)22-23(28-29-24(22)26(30)32)18-15-17(27)9-10-19(18)31/h5,8-11,14-15,25,31H,2,4,6-7,12-13H2,1,3H3,(H,28,29). The van der Waals surface area contributed by atoms with Crippen molar-refractivity contribution in [2.24, 2.45) is 0 Å². The third-order valence-electron chi connectivity index (χ3n) is 5.94. The van der Waals surface area contributed by atoms with Gasteiger partial charge in [0.2, 0.25) is 0 Å². The molecule has 0 saturated carbocycles. The van der Waals surface area contributed by atoms with Crippen LogP contribution in [0.4, 0.5) is 0 Å². The summed E-state index contributed by atoms with van der Waals surface area (Å²) in [6.07, 6.45) is 4.61. The molecule has 1 atom stereocenters. The third-order valence-corrected chi connectivity index (χ3v) is 6.18. The molecule has 2 aromatic carbocycles. The third kappa shape index (κ3) is 4.35. The first-order chi connectivity index (χ1) is 16.5. The van der Waals surface area contributed by atoms with Crippen LogP contribution in [-0.4, -0.2) is 46.4 Å². The first-order valence-corrected chi connectivity index (χ1v) is 11.7. The summed E-state index contributed by atoms with van der Waals surface area (Å²) in [6, 6.07) is 10.0. The van der Waals surface area contributed by atoms with Crippen molar-refractivity contribution in [1.29, 1.82) is 0 Å². The predicted octanol–water partition coefficient (Wildman–Crippen LogP) is 5.74. The van der Waals surface area contributed by atoms with Crippen LogP contribution in [0, 0.1) is 0 Å². The number of rotatable bonds is 10. The quantitative estimate of drug-likeness (QED) is 0.284. The molecule has 3 aromatic rings. The Morgan fingerprint density at radius 2 is 2.06 bits per heavy atom. The van der Waals surface area contributed by atoms with E-state index < -0.39 is 6.04 Å². The maximum atomic E-state index is 13.4. The molecule has 34 heavy (non-hydrogen) atoms. The summed E-state index contributed by atoms with van der Waals surface area (Å²) in [5, 5.41) is 18.3. The van der Waals surface area contributed by atoms with E-state index in [4.69, 9.17) is 21.1 Å². The van der Waals surface area contributed by atoms with E-state index in [-0.39, 0.29) is 11.7 Å². The van der Waals surface area contributed by atoms with Crippen molar-refractivity contribution in [3.05, 3.63) is 70.9 Å². The number of carbonyl (C=O) groups excluding carboxylic acids is 1. The van der Waals surface area contributed by atoms with Gasteiger partial charge in [0, 0.05) is 22.7 Å². The number of unbranched alkanes of at least 4 members (excludes halogenated alkanes) is 2. The summed E-state index contributed by atoms with van der Waals surface area (Å²) in [5.41, 5.74) is 2.95. The zero-order valence-corrected chi connectivity index (χ0v) is 20.1. The second-order valence-electron chi connectivity index (χ2n) is 8.14. The van der Waals surface area contributed by atoms with Gasteiger partial charge in [-0.2, -0.15) is 5.10 Å². The maximum absolute atomic E-state index is 13.4. The molecule has 0 saturated heterocycles. The van der Waals surface area contributed by atoms with Gasteiger partial charge in [-0.25, -0.2) is 0 Å². The lowest BCUT2D eigenvalue weighted by atomic mass is 9.95. The molecule has 1 aromatic heterocycles. The molecule has 1 unspecified atom stereocenters. The van der Waals surface area contributed by atoms with Crippen molar-refractivity contribution < 1.29 is 19.4 Å². The zero-order valence-electron chi connectivity index (χ0n) is 19.3. The van der Waals surface area contributed by atoms with Gasteiger partial charge in [0.25, 0.3) is 5.91 Å². The highest BCUT2D eigenvalue weighted by Gasteiger charge is 2.42. The molecule has 7 nitrogen and oxygen atoms in total. The molecule has 178 valence electrons.